The van der Waals surface area contributed by atoms with Crippen molar-refractivity contribution in [1.82, 2.24) is 5.32 Å². The Kier molecular flexibility index (Phi) is 5.80. The Labute approximate surface area is 165 Å². The van der Waals surface area contributed by atoms with Crippen molar-refractivity contribution in [3.8, 4) is 0 Å². The number of hydrogen-bond acceptors (Lipinski definition) is 3. The number of amides is 1. The molecule has 6 heteroatoms. The number of nitrogens with one attached hydrogen (secondary N) is 2. The molecule has 0 heterocycles. The minimum atomic E-state index is -3.80. The number of hydrogen-bond donors (Lipinski definition) is 2. The highest BCUT2D eigenvalue weighted by Gasteiger charge is 2.18. The second-order valence-corrected chi connectivity index (χ2v) is 8.24. The Morgan fingerprint density at radius 1 is 0.893 bits per heavy atom. The van der Waals surface area contributed by atoms with Crippen molar-refractivity contribution in [2.24, 2.45) is 0 Å². The van der Waals surface area contributed by atoms with Crippen molar-refractivity contribution < 1.29 is 13.2 Å². The molecule has 0 aliphatic heterocycles. The molecule has 144 valence electrons. The van der Waals surface area contributed by atoms with E-state index in [1.54, 1.807) is 24.3 Å². The molecular weight excluding hydrogens is 372 g/mol. The number of carbonyl (C=O) groups excluding carboxylic acids is 1. The van der Waals surface area contributed by atoms with E-state index in [1.807, 2.05) is 56.3 Å². The number of sulfonamides is 1. The molecule has 0 saturated heterocycles. The number of benzene rings is 3. The lowest BCUT2D eigenvalue weighted by Crippen LogP contribution is -2.27. The van der Waals surface area contributed by atoms with Gasteiger partial charge in [0.15, 0.2) is 0 Å². The van der Waals surface area contributed by atoms with Gasteiger partial charge in [-0.2, -0.15) is 0 Å². The summed E-state index contributed by atoms with van der Waals surface area (Å²) in [6.07, 6.45) is 0. The van der Waals surface area contributed by atoms with E-state index in [9.17, 15) is 13.2 Å². The highest BCUT2D eigenvalue weighted by atomic mass is 32.2. The first-order valence-corrected chi connectivity index (χ1v) is 10.4. The molecular formula is C22H22N2O3S. The van der Waals surface area contributed by atoms with Gasteiger partial charge >= 0.3 is 0 Å². The van der Waals surface area contributed by atoms with Crippen molar-refractivity contribution in [3.63, 3.8) is 0 Å². The molecule has 28 heavy (non-hydrogen) atoms. The zero-order chi connectivity index (χ0) is 20.1. The first-order chi connectivity index (χ1) is 13.4. The molecule has 3 aromatic rings. The van der Waals surface area contributed by atoms with Crippen LogP contribution in [0, 0.1) is 6.92 Å². The summed E-state index contributed by atoms with van der Waals surface area (Å²) in [5.41, 5.74) is 2.59. The molecule has 0 saturated carbocycles. The molecule has 0 bridgehead atoms. The first kappa shape index (κ1) is 19.6. The Bertz CT molecular complexity index is 1080. The molecule has 0 spiro atoms. The van der Waals surface area contributed by atoms with Crippen LogP contribution in [0.3, 0.4) is 0 Å². The average molecular weight is 394 g/mol. The lowest BCUT2D eigenvalue weighted by molar-refractivity contribution is 0.0939. The van der Waals surface area contributed by atoms with Gasteiger partial charge in [0, 0.05) is 5.56 Å². The fourth-order valence-corrected chi connectivity index (χ4v) is 3.98. The lowest BCUT2D eigenvalue weighted by Gasteiger charge is -2.15. The molecule has 2 N–H and O–H groups in total. The van der Waals surface area contributed by atoms with Crippen LogP contribution in [0.4, 0.5) is 5.69 Å². The second-order valence-electron chi connectivity index (χ2n) is 6.55. The number of rotatable bonds is 6. The highest BCUT2D eigenvalue weighted by Crippen LogP contribution is 2.20. The van der Waals surface area contributed by atoms with Crippen molar-refractivity contribution >= 4 is 21.6 Å². The summed E-state index contributed by atoms with van der Waals surface area (Å²) in [5.74, 6) is -0.329. The molecule has 1 atom stereocenters. The lowest BCUT2D eigenvalue weighted by atomic mass is 10.1. The van der Waals surface area contributed by atoms with E-state index < -0.39 is 10.0 Å². The standard InChI is InChI=1S/C22H22N2O3S/c1-16-9-6-7-14-21(16)24-28(26,27)20-13-8-12-19(15-20)22(25)23-17(2)18-10-4-3-5-11-18/h3-15,17,24H,1-2H3,(H,23,25)/t17-/m1/s1. The van der Waals surface area contributed by atoms with Gasteiger partial charge in [-0.05, 0) is 49.2 Å². The molecule has 1 amide bonds. The van der Waals surface area contributed by atoms with Gasteiger partial charge in [-0.3, -0.25) is 9.52 Å². The van der Waals surface area contributed by atoms with Crippen LogP contribution in [-0.4, -0.2) is 14.3 Å². The van der Waals surface area contributed by atoms with Gasteiger partial charge in [0.05, 0.1) is 16.6 Å². The second kappa shape index (κ2) is 8.27. The molecule has 0 aromatic heterocycles. The van der Waals surface area contributed by atoms with E-state index in [4.69, 9.17) is 0 Å². The van der Waals surface area contributed by atoms with Crippen molar-refractivity contribution in [2.75, 3.05) is 4.72 Å². The monoisotopic (exact) mass is 394 g/mol. The molecule has 3 rings (SSSR count). The highest BCUT2D eigenvalue weighted by molar-refractivity contribution is 7.92. The third kappa shape index (κ3) is 4.58. The van der Waals surface area contributed by atoms with Crippen LogP contribution in [0.15, 0.2) is 83.8 Å². The summed E-state index contributed by atoms with van der Waals surface area (Å²) in [4.78, 5) is 12.6. The minimum Gasteiger partial charge on any atom is -0.346 e. The maximum Gasteiger partial charge on any atom is 0.261 e. The number of aryl methyl sites for hydroxylation is 1. The Hall–Kier alpha value is -3.12. The van der Waals surface area contributed by atoms with Gasteiger partial charge in [0.1, 0.15) is 0 Å². The zero-order valence-electron chi connectivity index (χ0n) is 15.7. The summed E-state index contributed by atoms with van der Waals surface area (Å²) < 4.78 is 28.0. The Morgan fingerprint density at radius 3 is 2.29 bits per heavy atom. The van der Waals surface area contributed by atoms with E-state index in [1.165, 1.54) is 12.1 Å². The minimum absolute atomic E-state index is 0.0377. The molecule has 0 aliphatic rings. The normalized spacial score (nSPS) is 12.2. The molecule has 5 nitrogen and oxygen atoms in total. The fourth-order valence-electron chi connectivity index (χ4n) is 2.80. The van der Waals surface area contributed by atoms with E-state index in [-0.39, 0.29) is 22.4 Å². The molecule has 0 aliphatic carbocycles. The third-order valence-corrected chi connectivity index (χ3v) is 5.81. The van der Waals surface area contributed by atoms with Gasteiger partial charge in [-0.25, -0.2) is 8.42 Å². The fraction of sp³-hybridized carbons (Fsp3) is 0.136. The van der Waals surface area contributed by atoms with Gasteiger partial charge in [-0.15, -0.1) is 0 Å². The van der Waals surface area contributed by atoms with E-state index in [0.29, 0.717) is 5.69 Å². The van der Waals surface area contributed by atoms with Gasteiger partial charge in [-0.1, -0.05) is 54.6 Å². The van der Waals surface area contributed by atoms with Gasteiger partial charge in [0.25, 0.3) is 15.9 Å². The van der Waals surface area contributed by atoms with Crippen molar-refractivity contribution in [3.05, 3.63) is 95.6 Å². The van der Waals surface area contributed by atoms with Crippen molar-refractivity contribution in [2.45, 2.75) is 24.8 Å². The van der Waals surface area contributed by atoms with Crippen LogP contribution < -0.4 is 10.0 Å². The van der Waals surface area contributed by atoms with Crippen LogP contribution in [0.25, 0.3) is 0 Å². The van der Waals surface area contributed by atoms with Crippen LogP contribution >= 0.6 is 0 Å². The predicted octanol–water partition coefficient (Wildman–Crippen LogP) is 4.29. The predicted molar refractivity (Wildman–Crippen MR) is 111 cm³/mol. The van der Waals surface area contributed by atoms with E-state index in [2.05, 4.69) is 10.0 Å². The van der Waals surface area contributed by atoms with E-state index in [0.717, 1.165) is 11.1 Å². The summed E-state index contributed by atoms with van der Waals surface area (Å²) in [6, 6.07) is 22.5. The molecule has 3 aromatic carbocycles. The first-order valence-electron chi connectivity index (χ1n) is 8.91. The van der Waals surface area contributed by atoms with Crippen LogP contribution in [-0.2, 0) is 10.0 Å². The molecule has 0 fully saturated rings. The summed E-state index contributed by atoms with van der Waals surface area (Å²) in [7, 11) is -3.80. The number of para-hydroxylation sites is 1. The maximum atomic E-state index is 12.7. The average Bonchev–Trinajstić information content (AvgIpc) is 2.70. The molecule has 0 radical (unpaired) electrons. The largest absolute Gasteiger partial charge is 0.346 e. The van der Waals surface area contributed by atoms with Gasteiger partial charge < -0.3 is 5.32 Å². The summed E-state index contributed by atoms with van der Waals surface area (Å²) >= 11 is 0. The Balaban J connectivity index is 1.79. The van der Waals surface area contributed by atoms with Crippen LogP contribution in [0.2, 0.25) is 0 Å². The smallest absolute Gasteiger partial charge is 0.261 e. The number of carbonyl (C=O) groups is 1. The van der Waals surface area contributed by atoms with Gasteiger partial charge in [0.2, 0.25) is 0 Å². The quantitative estimate of drug-likeness (QED) is 0.655. The number of anilines is 1. The topological polar surface area (TPSA) is 75.3 Å². The SMILES string of the molecule is Cc1ccccc1NS(=O)(=O)c1cccc(C(=O)N[C@H](C)c2ccccc2)c1. The third-order valence-electron chi connectivity index (χ3n) is 4.44. The summed E-state index contributed by atoms with van der Waals surface area (Å²) in [6.45, 7) is 3.71. The molecule has 0 unspecified atom stereocenters. The summed E-state index contributed by atoms with van der Waals surface area (Å²) in [5, 5.41) is 2.90. The Morgan fingerprint density at radius 2 is 1.57 bits per heavy atom. The van der Waals surface area contributed by atoms with Crippen molar-refractivity contribution in [1.29, 1.82) is 0 Å². The maximum absolute atomic E-state index is 12.7. The zero-order valence-corrected chi connectivity index (χ0v) is 16.5. The van der Waals surface area contributed by atoms with Crippen LogP contribution in [0.1, 0.15) is 34.5 Å². The van der Waals surface area contributed by atoms with Crippen LogP contribution in [0.5, 0.6) is 0 Å². The van der Waals surface area contributed by atoms with E-state index >= 15 is 0 Å².